The summed E-state index contributed by atoms with van der Waals surface area (Å²) >= 11 is 0. The summed E-state index contributed by atoms with van der Waals surface area (Å²) in [5.74, 6) is 0. The molecule has 12 nitrogen and oxygen atoms in total. The second-order valence-corrected chi connectivity index (χ2v) is 0.387. The van der Waals surface area contributed by atoms with Crippen molar-refractivity contribution in [3.8, 4) is 0 Å². The van der Waals surface area contributed by atoms with Gasteiger partial charge in [-0.2, -0.15) is 0 Å². The van der Waals surface area contributed by atoms with E-state index in [-0.39, 0.29) is 33.4 Å². The van der Waals surface area contributed by atoms with Crippen LogP contribution < -0.4 is 0 Å². The van der Waals surface area contributed by atoms with Gasteiger partial charge >= 0.3 is 21.1 Å². The molecule has 0 fully saturated rings. The first-order chi connectivity index (χ1) is 4.56. The van der Waals surface area contributed by atoms with Gasteiger partial charge in [0, 0.05) is 0 Å². The van der Waals surface area contributed by atoms with E-state index in [0.717, 1.165) is 10.7 Å². The summed E-state index contributed by atoms with van der Waals surface area (Å²) in [6.45, 7) is 0. The minimum atomic E-state index is -1.50. The molecule has 0 amide bonds. The van der Waals surface area contributed by atoms with Crippen LogP contribution in [0.3, 0.4) is 0 Å². The van der Waals surface area contributed by atoms with Gasteiger partial charge < -0.3 is 37.7 Å². The van der Waals surface area contributed by atoms with Crippen LogP contribution in [0.2, 0.25) is 0 Å². The zero-order chi connectivity index (χ0) is 8.99. The Hall–Kier alpha value is -1.39. The van der Waals surface area contributed by atoms with E-state index >= 15 is 0 Å². The Kier molecular flexibility index (Phi) is 240. The summed E-state index contributed by atoms with van der Waals surface area (Å²) in [4.78, 5) is 24.4. The molecule has 84 valence electrons. The van der Waals surface area contributed by atoms with Gasteiger partial charge in [-0.25, -0.2) is 0 Å². The van der Waals surface area contributed by atoms with Crippen molar-refractivity contribution in [2.24, 2.45) is 10.7 Å². The van der Waals surface area contributed by atoms with Gasteiger partial charge in [-0.05, 0) is 0 Å². The Morgan fingerprint density at radius 1 is 1.08 bits per heavy atom. The predicted octanol–water partition coefficient (Wildman–Crippen LogP) is 1.59. The molecule has 0 aromatic carbocycles. The minimum absolute atomic E-state index is 0. The molecular weight excluding hydrogens is 377 g/mol. The maximum absolute atomic E-state index is 8.36. The van der Waals surface area contributed by atoms with Crippen LogP contribution >= 0.6 is 0 Å². The third-order valence-electron chi connectivity index (χ3n) is 0. The Morgan fingerprint density at radius 3 is 1.08 bits per heavy atom. The molecule has 13 heteroatoms. The number of nitrogens with zero attached hydrogens (tertiary/aromatic N) is 3. The summed E-state index contributed by atoms with van der Waals surface area (Å²) in [5.41, 5.74) is 0. The maximum Gasteiger partial charge on any atom is 2.00 e. The van der Waals surface area contributed by atoms with Crippen molar-refractivity contribution in [1.82, 2.24) is 0 Å². The third kappa shape index (κ3) is 406. The van der Waals surface area contributed by atoms with Gasteiger partial charge in [0.05, 0.1) is 0 Å². The number of hydrogen-bond donors (Lipinski definition) is 1. The van der Waals surface area contributed by atoms with Crippen LogP contribution in [0.25, 0.3) is 12.3 Å². The summed E-state index contributed by atoms with van der Waals surface area (Å²) in [5, 5.41) is 31.6. The summed E-state index contributed by atoms with van der Waals surface area (Å²) in [6.07, 6.45) is 0. The smallest absolute Gasteiger partial charge is 0.693 e. The molecular formula is H5N5O7Pt-2. The first-order valence-corrected chi connectivity index (χ1v) is 1.30. The molecule has 0 bridgehead atoms. The fourth-order valence-corrected chi connectivity index (χ4v) is 0. The molecule has 0 rings (SSSR count). The van der Waals surface area contributed by atoms with Crippen LogP contribution in [0.4, 0.5) is 0 Å². The number of rotatable bonds is 0. The van der Waals surface area contributed by atoms with Crippen LogP contribution in [0.5, 0.6) is 0 Å². The van der Waals surface area contributed by atoms with Gasteiger partial charge in [-0.15, -0.1) is 20.8 Å². The van der Waals surface area contributed by atoms with Gasteiger partial charge in [-0.3, -0.25) is 0 Å². The molecule has 0 aliphatic rings. The largest absolute Gasteiger partial charge is 2.00 e. The second-order valence-electron chi connectivity index (χ2n) is 0.387. The van der Waals surface area contributed by atoms with Gasteiger partial charge in [0.15, 0.2) is 0 Å². The molecule has 0 heterocycles. The molecule has 0 spiro atoms. The molecule has 0 saturated heterocycles. The molecule has 0 aliphatic carbocycles. The number of hydrogen-bond acceptors (Lipinski definition) is 8. The van der Waals surface area contributed by atoms with Crippen molar-refractivity contribution >= 4 is 0 Å². The zero-order valence-electron chi connectivity index (χ0n) is 5.71. The van der Waals surface area contributed by atoms with Crippen LogP contribution in [-0.4, -0.2) is 10.3 Å². The van der Waals surface area contributed by atoms with Crippen molar-refractivity contribution in [3.05, 3.63) is 42.6 Å². The van der Waals surface area contributed by atoms with E-state index in [1.807, 2.05) is 0 Å². The van der Waals surface area contributed by atoms with Crippen LogP contribution in [0.1, 0.15) is 0 Å². The first kappa shape index (κ1) is 41.5. The van der Waals surface area contributed by atoms with E-state index in [4.69, 9.17) is 35.6 Å². The molecule has 0 aromatic heterocycles. The van der Waals surface area contributed by atoms with E-state index in [1.54, 1.807) is 0 Å². The van der Waals surface area contributed by atoms with Gasteiger partial charge in [0.1, 0.15) is 0 Å². The van der Waals surface area contributed by atoms with Crippen molar-refractivity contribution in [3.63, 3.8) is 0 Å². The van der Waals surface area contributed by atoms with E-state index in [0.29, 0.717) is 0 Å². The topological polar surface area (TPSA) is 235 Å². The van der Waals surface area contributed by atoms with Gasteiger partial charge in [0.25, 0.3) is 5.09 Å². The van der Waals surface area contributed by atoms with Crippen molar-refractivity contribution in [1.29, 1.82) is 0 Å². The molecule has 0 aliphatic heterocycles. The molecule has 0 aromatic rings. The average molecular weight is 382 g/mol. The summed E-state index contributed by atoms with van der Waals surface area (Å²) < 4.78 is 0. The van der Waals surface area contributed by atoms with Crippen molar-refractivity contribution in [2.45, 2.75) is 0 Å². The van der Waals surface area contributed by atoms with E-state index < -0.39 is 5.09 Å². The van der Waals surface area contributed by atoms with Gasteiger partial charge in [0.2, 0.25) is 0 Å². The van der Waals surface area contributed by atoms with E-state index in [1.165, 1.54) is 0 Å². The minimum Gasteiger partial charge on any atom is -0.693 e. The Balaban J connectivity index is -0.0000000128. The van der Waals surface area contributed by atoms with E-state index in [9.17, 15) is 0 Å². The van der Waals surface area contributed by atoms with Crippen LogP contribution in [0.15, 0.2) is 10.7 Å². The van der Waals surface area contributed by atoms with Crippen LogP contribution in [0, 0.1) is 30.3 Å². The molecule has 0 atom stereocenters. The Bertz CT molecular complexity index is 84.9. The van der Waals surface area contributed by atoms with Crippen molar-refractivity contribution in [2.75, 3.05) is 0 Å². The molecule has 0 saturated carbocycles. The maximum atomic E-state index is 8.36. The van der Waals surface area contributed by atoms with E-state index in [2.05, 4.69) is 0 Å². The average Bonchev–Trinajstić information content (AvgIpc) is 1.65. The molecule has 0 unspecified atom stereocenters. The summed E-state index contributed by atoms with van der Waals surface area (Å²) in [6, 6.07) is 0. The normalized spacial score (nSPS) is 3.69. The van der Waals surface area contributed by atoms with Crippen LogP contribution in [-0.2, 0) is 21.1 Å². The Labute approximate surface area is 85.3 Å². The van der Waals surface area contributed by atoms with Gasteiger partial charge in [-0.1, -0.05) is 0 Å². The SMILES string of the molecule is O=N[O-].O=N[O-].O=[N+]([O-])O.[NH2-].[NH2-].[Pt+2]. The molecule has 5 N–H and O–H groups in total. The zero-order valence-corrected chi connectivity index (χ0v) is 7.98. The third-order valence-corrected chi connectivity index (χ3v) is 0. The quantitative estimate of drug-likeness (QED) is 0.368. The summed E-state index contributed by atoms with van der Waals surface area (Å²) in [7, 11) is 0. The fraction of sp³-hybridized carbons (Fsp3) is 0. The first-order valence-electron chi connectivity index (χ1n) is 1.30. The standard InChI is InChI=1S/HNO3.2HNO2.2H2N.Pt/c2-1(3)4;2*2-1-3;;;/h(H,2,3,4);2*(H,2,3);2*1H2;/q;;;2*-1;+2/p-2. The van der Waals surface area contributed by atoms with Crippen molar-refractivity contribution < 1.29 is 31.4 Å². The predicted molar refractivity (Wildman–Crippen MR) is 37.7 cm³/mol. The molecule has 0 radical (unpaired) electrons. The number of nitrogens with two attached hydrogens (primary N) is 2. The second kappa shape index (κ2) is 75.2. The fourth-order valence-electron chi connectivity index (χ4n) is 0. The molecule has 13 heavy (non-hydrogen) atoms. The monoisotopic (exact) mass is 382 g/mol. The Morgan fingerprint density at radius 2 is 1.08 bits per heavy atom.